The zero-order chi connectivity index (χ0) is 16.9. The summed E-state index contributed by atoms with van der Waals surface area (Å²) < 4.78 is 5.25. The molecule has 0 aliphatic carbocycles. The summed E-state index contributed by atoms with van der Waals surface area (Å²) in [5.41, 5.74) is 0.111. The zero-order valence-electron chi connectivity index (χ0n) is 12.3. The number of rotatable bonds is 7. The minimum absolute atomic E-state index is 0.133. The predicted octanol–water partition coefficient (Wildman–Crippen LogP) is 2.98. The molecule has 1 saturated heterocycles. The van der Waals surface area contributed by atoms with Crippen LogP contribution < -0.4 is 5.32 Å². The van der Waals surface area contributed by atoms with Crippen LogP contribution in [0.5, 0.6) is 0 Å². The Hall–Kier alpha value is -0.950. The maximum atomic E-state index is 12.1. The summed E-state index contributed by atoms with van der Waals surface area (Å²) in [4.78, 5) is 23.0. The fraction of sp³-hybridized carbons (Fsp3) is 0.467. The highest BCUT2D eigenvalue weighted by Gasteiger charge is 2.38. The van der Waals surface area contributed by atoms with Crippen molar-refractivity contribution in [2.75, 3.05) is 19.0 Å². The van der Waals surface area contributed by atoms with Crippen LogP contribution >= 0.6 is 35.0 Å². The lowest BCUT2D eigenvalue weighted by Crippen LogP contribution is -2.51. The Balaban J connectivity index is 1.83. The van der Waals surface area contributed by atoms with E-state index >= 15 is 0 Å². The Labute approximate surface area is 148 Å². The molecule has 23 heavy (non-hydrogen) atoms. The fourth-order valence-corrected chi connectivity index (χ4v) is 3.79. The highest BCUT2D eigenvalue weighted by Crippen LogP contribution is 2.26. The van der Waals surface area contributed by atoms with E-state index in [2.05, 4.69) is 5.32 Å². The number of nitrogens with one attached hydrogen (secondary N) is 1. The van der Waals surface area contributed by atoms with Gasteiger partial charge in [0.1, 0.15) is 0 Å². The van der Waals surface area contributed by atoms with Crippen molar-refractivity contribution in [1.82, 2.24) is 5.32 Å². The number of hydrogen-bond acceptors (Lipinski definition) is 4. The molecule has 1 unspecified atom stereocenters. The van der Waals surface area contributed by atoms with Crippen molar-refractivity contribution in [3.05, 3.63) is 33.8 Å². The molecule has 0 radical (unpaired) electrons. The van der Waals surface area contributed by atoms with Gasteiger partial charge in [0.2, 0.25) is 5.91 Å². The summed E-state index contributed by atoms with van der Waals surface area (Å²) in [7, 11) is 0. The first-order valence-corrected chi connectivity index (χ1v) is 8.93. The molecule has 1 aromatic carbocycles. The standard InChI is InChI=1S/C15H17Cl2NO4S/c16-11-2-1-10(12(17)5-11)7-23-8-13(19)18-15(6-14(20)21)3-4-22-9-15/h1-2,5H,3-4,6-9H2,(H,18,19)(H,20,21). The van der Waals surface area contributed by atoms with Crippen LogP contribution in [0.1, 0.15) is 18.4 Å². The van der Waals surface area contributed by atoms with Gasteiger partial charge in [0.15, 0.2) is 0 Å². The maximum absolute atomic E-state index is 12.1. The van der Waals surface area contributed by atoms with Gasteiger partial charge >= 0.3 is 5.97 Å². The molecule has 1 atom stereocenters. The largest absolute Gasteiger partial charge is 0.481 e. The van der Waals surface area contributed by atoms with Crippen molar-refractivity contribution in [3.63, 3.8) is 0 Å². The van der Waals surface area contributed by atoms with Crippen LogP contribution in [0.25, 0.3) is 0 Å². The fourth-order valence-electron chi connectivity index (χ4n) is 2.40. The van der Waals surface area contributed by atoms with Crippen LogP contribution in [0.4, 0.5) is 0 Å². The van der Waals surface area contributed by atoms with Crippen molar-refractivity contribution >= 4 is 46.8 Å². The van der Waals surface area contributed by atoms with Gasteiger partial charge in [-0.15, -0.1) is 11.8 Å². The van der Waals surface area contributed by atoms with Gasteiger partial charge in [-0.2, -0.15) is 0 Å². The number of ether oxygens (including phenoxy) is 1. The zero-order valence-corrected chi connectivity index (χ0v) is 14.6. The Morgan fingerprint density at radius 1 is 1.39 bits per heavy atom. The molecule has 1 heterocycles. The molecule has 1 aliphatic heterocycles. The topological polar surface area (TPSA) is 75.6 Å². The maximum Gasteiger partial charge on any atom is 0.305 e. The van der Waals surface area contributed by atoms with E-state index in [9.17, 15) is 9.59 Å². The molecular weight excluding hydrogens is 361 g/mol. The van der Waals surface area contributed by atoms with Gasteiger partial charge in [-0.3, -0.25) is 9.59 Å². The van der Waals surface area contributed by atoms with Gasteiger partial charge < -0.3 is 15.2 Å². The van der Waals surface area contributed by atoms with Gasteiger partial charge in [0.25, 0.3) is 0 Å². The van der Waals surface area contributed by atoms with Gasteiger partial charge in [0, 0.05) is 22.4 Å². The predicted molar refractivity (Wildman–Crippen MR) is 91.2 cm³/mol. The number of aliphatic carboxylic acids is 1. The van der Waals surface area contributed by atoms with E-state index in [0.717, 1.165) is 5.56 Å². The molecule has 0 bridgehead atoms. The quantitative estimate of drug-likeness (QED) is 0.763. The lowest BCUT2D eigenvalue weighted by Gasteiger charge is -2.26. The minimum Gasteiger partial charge on any atom is -0.481 e. The number of carbonyl (C=O) groups is 2. The number of carboxylic acid groups (broad SMARTS) is 1. The summed E-state index contributed by atoms with van der Waals surface area (Å²) in [6, 6.07) is 5.24. The van der Waals surface area contributed by atoms with Gasteiger partial charge in [0.05, 0.1) is 24.3 Å². The Bertz CT molecular complexity index is 591. The Morgan fingerprint density at radius 3 is 2.78 bits per heavy atom. The van der Waals surface area contributed by atoms with Crippen LogP contribution in [-0.4, -0.2) is 41.5 Å². The Morgan fingerprint density at radius 2 is 2.17 bits per heavy atom. The van der Waals surface area contributed by atoms with Crippen molar-refractivity contribution in [2.24, 2.45) is 0 Å². The van der Waals surface area contributed by atoms with Crippen molar-refractivity contribution in [2.45, 2.75) is 24.1 Å². The number of thioether (sulfide) groups is 1. The normalized spacial score (nSPS) is 20.4. The smallest absolute Gasteiger partial charge is 0.305 e. The minimum atomic E-state index is -0.948. The average molecular weight is 378 g/mol. The van der Waals surface area contributed by atoms with E-state index in [4.69, 9.17) is 33.0 Å². The summed E-state index contributed by atoms with van der Waals surface area (Å²) in [5.74, 6) is -0.352. The molecule has 0 saturated carbocycles. The van der Waals surface area contributed by atoms with E-state index in [1.165, 1.54) is 11.8 Å². The number of carboxylic acids is 1. The second-order valence-corrected chi connectivity index (χ2v) is 7.26. The first-order valence-electron chi connectivity index (χ1n) is 7.02. The van der Waals surface area contributed by atoms with Crippen molar-refractivity contribution < 1.29 is 19.4 Å². The number of halogens is 2. The third kappa shape index (κ3) is 5.57. The van der Waals surface area contributed by atoms with E-state index in [1.54, 1.807) is 12.1 Å². The van der Waals surface area contributed by atoms with Crippen LogP contribution in [0.2, 0.25) is 10.0 Å². The first kappa shape index (κ1) is 18.4. The average Bonchev–Trinajstić information content (AvgIpc) is 2.88. The highest BCUT2D eigenvalue weighted by atomic mass is 35.5. The Kier molecular flexibility index (Phi) is 6.59. The van der Waals surface area contributed by atoms with Gasteiger partial charge in [-0.1, -0.05) is 29.3 Å². The summed E-state index contributed by atoms with van der Waals surface area (Å²) in [6.07, 6.45) is 0.380. The summed E-state index contributed by atoms with van der Waals surface area (Å²) in [5, 5.41) is 12.9. The van der Waals surface area contributed by atoms with Gasteiger partial charge in [-0.05, 0) is 24.1 Å². The molecule has 126 valence electrons. The molecular formula is C15H17Cl2NO4S. The third-order valence-corrected chi connectivity index (χ3v) is 5.07. The lowest BCUT2D eigenvalue weighted by molar-refractivity contribution is -0.139. The molecule has 1 fully saturated rings. The van der Waals surface area contributed by atoms with Crippen molar-refractivity contribution in [1.29, 1.82) is 0 Å². The van der Waals surface area contributed by atoms with E-state index < -0.39 is 11.5 Å². The monoisotopic (exact) mass is 377 g/mol. The first-order chi connectivity index (χ1) is 10.9. The lowest BCUT2D eigenvalue weighted by atomic mass is 9.94. The van der Waals surface area contributed by atoms with E-state index in [1.807, 2.05) is 6.07 Å². The van der Waals surface area contributed by atoms with E-state index in [0.29, 0.717) is 28.8 Å². The number of amides is 1. The molecule has 2 rings (SSSR count). The van der Waals surface area contributed by atoms with Gasteiger partial charge in [-0.25, -0.2) is 0 Å². The summed E-state index contributed by atoms with van der Waals surface area (Å²) in [6.45, 7) is 0.694. The second kappa shape index (κ2) is 8.24. The summed E-state index contributed by atoms with van der Waals surface area (Å²) >= 11 is 13.3. The molecule has 0 aromatic heterocycles. The SMILES string of the molecule is O=C(O)CC1(NC(=O)CSCc2ccc(Cl)cc2Cl)CCOC1. The highest BCUT2D eigenvalue weighted by molar-refractivity contribution is 7.99. The number of benzene rings is 1. The third-order valence-electron chi connectivity index (χ3n) is 3.50. The molecule has 1 amide bonds. The number of hydrogen-bond donors (Lipinski definition) is 2. The van der Waals surface area contributed by atoms with E-state index in [-0.39, 0.29) is 24.7 Å². The van der Waals surface area contributed by atoms with Crippen LogP contribution in [-0.2, 0) is 20.1 Å². The molecule has 1 aliphatic rings. The van der Waals surface area contributed by atoms with Crippen LogP contribution in [0.3, 0.4) is 0 Å². The molecule has 5 nitrogen and oxygen atoms in total. The van der Waals surface area contributed by atoms with Crippen molar-refractivity contribution in [3.8, 4) is 0 Å². The van der Waals surface area contributed by atoms with Crippen LogP contribution in [0, 0.1) is 0 Å². The molecule has 2 N–H and O–H groups in total. The second-order valence-electron chi connectivity index (χ2n) is 5.43. The molecule has 1 aromatic rings. The van der Waals surface area contributed by atoms with Crippen LogP contribution in [0.15, 0.2) is 18.2 Å². The molecule has 8 heteroatoms. The number of carbonyl (C=O) groups excluding carboxylic acids is 1. The molecule has 0 spiro atoms.